The Labute approximate surface area is 156 Å². The zero-order valence-electron chi connectivity index (χ0n) is 16.2. The molecule has 0 spiro atoms. The fourth-order valence-electron chi connectivity index (χ4n) is 3.98. The van der Waals surface area contributed by atoms with Gasteiger partial charge in [0.15, 0.2) is 0 Å². The van der Waals surface area contributed by atoms with Gasteiger partial charge in [0.2, 0.25) is 5.91 Å². The van der Waals surface area contributed by atoms with Gasteiger partial charge in [-0.05, 0) is 76.6 Å². The van der Waals surface area contributed by atoms with Crippen molar-refractivity contribution >= 4 is 5.91 Å². The van der Waals surface area contributed by atoms with E-state index in [1.807, 2.05) is 24.7 Å². The maximum Gasteiger partial charge on any atom is 0.222 e. The molecule has 3 rings (SSSR count). The summed E-state index contributed by atoms with van der Waals surface area (Å²) >= 11 is 0. The van der Waals surface area contributed by atoms with E-state index in [1.165, 1.54) is 11.3 Å². The maximum absolute atomic E-state index is 12.7. The van der Waals surface area contributed by atoms with Crippen LogP contribution in [-0.4, -0.2) is 38.2 Å². The number of carbonyl (C=O) groups is 1. The van der Waals surface area contributed by atoms with Crippen molar-refractivity contribution in [2.45, 2.75) is 71.9 Å². The first kappa shape index (κ1) is 18.6. The van der Waals surface area contributed by atoms with E-state index in [-0.39, 0.29) is 0 Å². The highest BCUT2D eigenvalue weighted by Gasteiger charge is 2.27. The second-order valence-corrected chi connectivity index (χ2v) is 7.48. The van der Waals surface area contributed by atoms with E-state index >= 15 is 0 Å². The normalized spacial score (nSPS) is 17.0. The number of rotatable bonds is 7. The van der Waals surface area contributed by atoms with Crippen LogP contribution in [-0.2, 0) is 17.8 Å². The van der Waals surface area contributed by atoms with Gasteiger partial charge in [0.05, 0.1) is 5.69 Å². The van der Waals surface area contributed by atoms with E-state index in [1.54, 1.807) is 0 Å². The van der Waals surface area contributed by atoms with Crippen molar-refractivity contribution in [3.63, 3.8) is 0 Å². The molecule has 0 aliphatic carbocycles. The van der Waals surface area contributed by atoms with Crippen LogP contribution in [0.15, 0.2) is 24.4 Å². The van der Waals surface area contributed by atoms with Gasteiger partial charge in [0, 0.05) is 43.1 Å². The first-order chi connectivity index (χ1) is 12.5. The average molecular weight is 354 g/mol. The van der Waals surface area contributed by atoms with E-state index in [2.05, 4.69) is 40.1 Å². The van der Waals surface area contributed by atoms with Gasteiger partial charge in [0.1, 0.15) is 0 Å². The summed E-state index contributed by atoms with van der Waals surface area (Å²) in [5.41, 5.74) is 4.59. The second kappa shape index (κ2) is 8.47. The average Bonchev–Trinajstić information content (AvgIpc) is 3.19. The van der Waals surface area contributed by atoms with Gasteiger partial charge in [-0.25, -0.2) is 0 Å². The minimum Gasteiger partial charge on any atom is -0.340 e. The molecule has 0 bridgehead atoms. The van der Waals surface area contributed by atoms with Crippen molar-refractivity contribution in [1.29, 1.82) is 0 Å². The minimum absolute atomic E-state index is 0.306. The monoisotopic (exact) mass is 354 g/mol. The standard InChI is InChI=1S/C21H30N4O/c1-16-15-19(10-11-22-16)8-9-20-6-4-12-24(20)21(26)7-5-13-25-18(3)14-17(2)23-25/h10-11,14-15,20H,4-9,12-13H2,1-3H3/t20-/m0/s1. The van der Waals surface area contributed by atoms with Gasteiger partial charge in [0.25, 0.3) is 0 Å². The van der Waals surface area contributed by atoms with Crippen LogP contribution in [0.4, 0.5) is 0 Å². The first-order valence-corrected chi connectivity index (χ1v) is 9.75. The third kappa shape index (κ3) is 4.71. The highest BCUT2D eigenvalue weighted by Crippen LogP contribution is 2.23. The molecular formula is C21H30N4O. The number of hydrogen-bond donors (Lipinski definition) is 0. The number of pyridine rings is 1. The van der Waals surface area contributed by atoms with E-state index < -0.39 is 0 Å². The smallest absolute Gasteiger partial charge is 0.222 e. The van der Waals surface area contributed by atoms with Crippen LogP contribution < -0.4 is 0 Å². The molecule has 3 heterocycles. The molecule has 1 fully saturated rings. The fourth-order valence-corrected chi connectivity index (χ4v) is 3.98. The largest absolute Gasteiger partial charge is 0.340 e. The SMILES string of the molecule is Cc1cc(CC[C@@H]2CCCN2C(=O)CCCn2nc(C)cc2C)ccn1. The van der Waals surface area contributed by atoms with E-state index in [9.17, 15) is 4.79 Å². The molecule has 0 N–H and O–H groups in total. The molecule has 1 amide bonds. The van der Waals surface area contributed by atoms with E-state index in [4.69, 9.17) is 0 Å². The van der Waals surface area contributed by atoms with Gasteiger partial charge in [-0.15, -0.1) is 0 Å². The molecule has 0 radical (unpaired) electrons. The Morgan fingerprint density at radius 1 is 1.23 bits per heavy atom. The van der Waals surface area contributed by atoms with Gasteiger partial charge in [-0.2, -0.15) is 5.10 Å². The summed E-state index contributed by atoms with van der Waals surface area (Å²) in [4.78, 5) is 19.1. The molecule has 0 aromatic carbocycles. The molecule has 2 aromatic heterocycles. The lowest BCUT2D eigenvalue weighted by Crippen LogP contribution is -2.35. The molecule has 5 nitrogen and oxygen atoms in total. The van der Waals surface area contributed by atoms with Crippen LogP contribution in [0.1, 0.15) is 54.7 Å². The lowest BCUT2D eigenvalue weighted by Gasteiger charge is -2.25. The number of amides is 1. The molecule has 26 heavy (non-hydrogen) atoms. The number of nitrogens with zero attached hydrogens (tertiary/aromatic N) is 4. The highest BCUT2D eigenvalue weighted by atomic mass is 16.2. The Morgan fingerprint density at radius 3 is 2.81 bits per heavy atom. The summed E-state index contributed by atoms with van der Waals surface area (Å²) in [7, 11) is 0. The topological polar surface area (TPSA) is 51.0 Å². The van der Waals surface area contributed by atoms with E-state index in [0.29, 0.717) is 18.4 Å². The zero-order chi connectivity index (χ0) is 18.5. The molecule has 0 saturated carbocycles. The van der Waals surface area contributed by atoms with Crippen molar-refractivity contribution in [3.8, 4) is 0 Å². The third-order valence-electron chi connectivity index (χ3n) is 5.29. The van der Waals surface area contributed by atoms with Crippen molar-refractivity contribution < 1.29 is 4.79 Å². The summed E-state index contributed by atoms with van der Waals surface area (Å²) < 4.78 is 2.01. The van der Waals surface area contributed by atoms with Crippen LogP contribution in [0.3, 0.4) is 0 Å². The van der Waals surface area contributed by atoms with Gasteiger partial charge in [-0.3, -0.25) is 14.5 Å². The molecule has 1 saturated heterocycles. The summed E-state index contributed by atoms with van der Waals surface area (Å²) in [6, 6.07) is 6.71. The Hall–Kier alpha value is -2.17. The minimum atomic E-state index is 0.306. The lowest BCUT2D eigenvalue weighted by molar-refractivity contribution is -0.132. The van der Waals surface area contributed by atoms with E-state index in [0.717, 1.165) is 56.6 Å². The predicted octanol–water partition coefficient (Wildman–Crippen LogP) is 3.61. The Kier molecular flexibility index (Phi) is 6.07. The quantitative estimate of drug-likeness (QED) is 0.763. The van der Waals surface area contributed by atoms with Crippen molar-refractivity contribution in [2.75, 3.05) is 6.54 Å². The number of carbonyl (C=O) groups excluding carboxylic acids is 1. The molecule has 1 aliphatic heterocycles. The molecule has 2 aromatic rings. The first-order valence-electron chi connectivity index (χ1n) is 9.75. The van der Waals surface area contributed by atoms with Crippen molar-refractivity contribution in [1.82, 2.24) is 19.7 Å². The van der Waals surface area contributed by atoms with Crippen LogP contribution >= 0.6 is 0 Å². The Morgan fingerprint density at radius 2 is 2.08 bits per heavy atom. The molecule has 140 valence electrons. The Balaban J connectivity index is 1.47. The van der Waals surface area contributed by atoms with Crippen molar-refractivity contribution in [2.24, 2.45) is 0 Å². The number of likely N-dealkylation sites (tertiary alicyclic amines) is 1. The molecule has 5 heteroatoms. The number of hydrogen-bond acceptors (Lipinski definition) is 3. The molecule has 1 atom stereocenters. The van der Waals surface area contributed by atoms with Crippen LogP contribution in [0, 0.1) is 20.8 Å². The molecule has 1 aliphatic rings. The Bertz CT molecular complexity index is 752. The number of aromatic nitrogens is 3. The lowest BCUT2D eigenvalue weighted by atomic mass is 10.0. The fraction of sp³-hybridized carbons (Fsp3) is 0.571. The highest BCUT2D eigenvalue weighted by molar-refractivity contribution is 5.76. The van der Waals surface area contributed by atoms with Crippen LogP contribution in [0.5, 0.6) is 0 Å². The van der Waals surface area contributed by atoms with Gasteiger partial charge < -0.3 is 4.90 Å². The molecule has 0 unspecified atom stereocenters. The van der Waals surface area contributed by atoms with Crippen molar-refractivity contribution in [3.05, 3.63) is 47.0 Å². The predicted molar refractivity (Wildman–Crippen MR) is 103 cm³/mol. The maximum atomic E-state index is 12.7. The van der Waals surface area contributed by atoms with Gasteiger partial charge in [-0.1, -0.05) is 0 Å². The van der Waals surface area contributed by atoms with Gasteiger partial charge >= 0.3 is 0 Å². The zero-order valence-corrected chi connectivity index (χ0v) is 16.2. The number of aryl methyl sites for hydroxylation is 5. The third-order valence-corrected chi connectivity index (χ3v) is 5.29. The second-order valence-electron chi connectivity index (χ2n) is 7.48. The molecular weight excluding hydrogens is 324 g/mol. The van der Waals surface area contributed by atoms with Crippen LogP contribution in [0.2, 0.25) is 0 Å². The summed E-state index contributed by atoms with van der Waals surface area (Å²) in [6.45, 7) is 7.84. The summed E-state index contributed by atoms with van der Waals surface area (Å²) in [6.07, 6.45) is 7.67. The summed E-state index contributed by atoms with van der Waals surface area (Å²) in [5, 5.41) is 4.48. The summed E-state index contributed by atoms with van der Waals surface area (Å²) in [5.74, 6) is 0.306. The van der Waals surface area contributed by atoms with Crippen LogP contribution in [0.25, 0.3) is 0 Å².